The molecule has 0 unspecified atom stereocenters. The zero-order valence-electron chi connectivity index (χ0n) is 9.17. The predicted octanol–water partition coefficient (Wildman–Crippen LogP) is 1.39. The average molecular weight is 257 g/mol. The maximum Gasteiger partial charge on any atom is 0.416 e. The largest absolute Gasteiger partial charge is 0.416 e. The van der Waals surface area contributed by atoms with Gasteiger partial charge in [0.15, 0.2) is 6.33 Å². The molecule has 0 saturated heterocycles. The number of benzene rings is 1. The minimum Gasteiger partial charge on any atom is -0.322 e. The average Bonchev–Trinajstić information content (AvgIpc) is 2.80. The van der Waals surface area contributed by atoms with Crippen LogP contribution in [0.2, 0.25) is 0 Å². The van der Waals surface area contributed by atoms with E-state index in [4.69, 9.17) is 5.73 Å². The number of rotatable bonds is 3. The summed E-state index contributed by atoms with van der Waals surface area (Å²) in [7, 11) is 0. The maximum absolute atomic E-state index is 12.8. The molecule has 0 fully saturated rings. The monoisotopic (exact) mass is 257 g/mol. The zero-order chi connectivity index (χ0) is 13.2. The second-order valence-corrected chi connectivity index (χ2v) is 3.68. The molecular formula is C10H10F3N5. The molecule has 1 aromatic heterocycles. The first-order valence-corrected chi connectivity index (χ1v) is 5.11. The molecule has 1 heterocycles. The van der Waals surface area contributed by atoms with Crippen molar-refractivity contribution >= 4 is 0 Å². The molecule has 5 nitrogen and oxygen atoms in total. The Balaban J connectivity index is 2.27. The third kappa shape index (κ3) is 2.65. The number of tetrazole rings is 1. The summed E-state index contributed by atoms with van der Waals surface area (Å²) in [5.74, 6) is 0. The fourth-order valence-electron chi connectivity index (χ4n) is 1.62. The van der Waals surface area contributed by atoms with Gasteiger partial charge in [0.05, 0.1) is 18.2 Å². The third-order valence-electron chi connectivity index (χ3n) is 2.42. The molecule has 2 N–H and O–H groups in total. The second kappa shape index (κ2) is 4.73. The van der Waals surface area contributed by atoms with Gasteiger partial charge < -0.3 is 5.73 Å². The van der Waals surface area contributed by atoms with Gasteiger partial charge in [-0.15, -0.1) is 10.2 Å². The first-order chi connectivity index (χ1) is 8.48. The summed E-state index contributed by atoms with van der Waals surface area (Å²) in [4.78, 5) is 1.15. The van der Waals surface area contributed by atoms with Gasteiger partial charge in [-0.2, -0.15) is 18.0 Å². The van der Waals surface area contributed by atoms with Gasteiger partial charge in [-0.3, -0.25) is 0 Å². The van der Waals surface area contributed by atoms with Gasteiger partial charge in [-0.05, 0) is 16.8 Å². The minimum absolute atomic E-state index is 0.0160. The smallest absolute Gasteiger partial charge is 0.322 e. The van der Waals surface area contributed by atoms with E-state index in [9.17, 15) is 13.2 Å². The number of nitrogens with zero attached hydrogens (tertiary/aromatic N) is 4. The van der Waals surface area contributed by atoms with Crippen LogP contribution in [0, 0.1) is 0 Å². The highest BCUT2D eigenvalue weighted by atomic mass is 19.4. The van der Waals surface area contributed by atoms with E-state index in [1.54, 1.807) is 0 Å². The number of halogens is 3. The van der Waals surface area contributed by atoms with Crippen LogP contribution >= 0.6 is 0 Å². The minimum atomic E-state index is -4.43. The molecule has 1 aromatic carbocycles. The van der Waals surface area contributed by atoms with Gasteiger partial charge in [0.2, 0.25) is 0 Å². The molecule has 0 radical (unpaired) electrons. The molecule has 0 saturated carbocycles. The molecule has 0 aliphatic heterocycles. The highest BCUT2D eigenvalue weighted by molar-refractivity contribution is 5.32. The summed E-state index contributed by atoms with van der Waals surface area (Å²) in [6.45, 7) is 0.0348. The fraction of sp³-hybridized carbons (Fsp3) is 0.300. The van der Waals surface area contributed by atoms with Crippen LogP contribution in [0.15, 0.2) is 30.6 Å². The topological polar surface area (TPSA) is 69.6 Å². The molecule has 2 rings (SSSR count). The normalized spacial score (nSPS) is 13.6. The number of hydrogen-bond donors (Lipinski definition) is 1. The molecule has 0 spiro atoms. The van der Waals surface area contributed by atoms with Crippen LogP contribution in [-0.4, -0.2) is 20.2 Å². The van der Waals surface area contributed by atoms with Gasteiger partial charge in [0, 0.05) is 0 Å². The molecule has 2 aromatic rings. The van der Waals surface area contributed by atoms with Crippen LogP contribution in [0.1, 0.15) is 17.2 Å². The van der Waals surface area contributed by atoms with Crippen molar-refractivity contribution in [2.75, 3.05) is 0 Å². The van der Waals surface area contributed by atoms with Crippen LogP contribution in [0.5, 0.6) is 0 Å². The predicted molar refractivity (Wildman–Crippen MR) is 56.2 cm³/mol. The number of alkyl halides is 3. The van der Waals surface area contributed by atoms with E-state index < -0.39 is 17.8 Å². The number of nitrogens with two attached hydrogens (primary N) is 1. The molecule has 0 aliphatic carbocycles. The van der Waals surface area contributed by atoms with Gasteiger partial charge in [0.1, 0.15) is 0 Å². The van der Waals surface area contributed by atoms with Crippen molar-refractivity contribution in [1.29, 1.82) is 0 Å². The Morgan fingerprint density at radius 2 is 2.00 bits per heavy atom. The van der Waals surface area contributed by atoms with Crippen molar-refractivity contribution in [2.24, 2.45) is 5.73 Å². The number of hydrogen-bond acceptors (Lipinski definition) is 4. The standard InChI is InChI=1S/C10H10F3N5/c11-10(12,13)8-4-2-1-3-7(8)9(14)5-18-16-6-15-17-18/h1-4,6,9H,5,14H2/t9-/m0/s1. The molecule has 1 atom stereocenters. The highest BCUT2D eigenvalue weighted by Gasteiger charge is 2.34. The third-order valence-corrected chi connectivity index (χ3v) is 2.42. The van der Waals surface area contributed by atoms with E-state index in [1.165, 1.54) is 24.5 Å². The molecule has 8 heteroatoms. The Bertz CT molecular complexity index is 508. The fourth-order valence-corrected chi connectivity index (χ4v) is 1.62. The second-order valence-electron chi connectivity index (χ2n) is 3.68. The van der Waals surface area contributed by atoms with Crippen LogP contribution in [0.3, 0.4) is 0 Å². The quantitative estimate of drug-likeness (QED) is 0.902. The molecule has 0 bridgehead atoms. The van der Waals surface area contributed by atoms with Crippen molar-refractivity contribution in [3.8, 4) is 0 Å². The van der Waals surface area contributed by atoms with Crippen LogP contribution in [-0.2, 0) is 12.7 Å². The Kier molecular flexibility index (Phi) is 3.28. The molecular weight excluding hydrogens is 247 g/mol. The van der Waals surface area contributed by atoms with Crippen molar-refractivity contribution in [2.45, 2.75) is 18.8 Å². The summed E-state index contributed by atoms with van der Waals surface area (Å²) in [5.41, 5.74) is 5.03. The van der Waals surface area contributed by atoms with Crippen LogP contribution < -0.4 is 5.73 Å². The van der Waals surface area contributed by atoms with Gasteiger partial charge in [0.25, 0.3) is 0 Å². The van der Waals surface area contributed by atoms with Crippen molar-refractivity contribution in [1.82, 2.24) is 20.2 Å². The molecule has 0 amide bonds. The lowest BCUT2D eigenvalue weighted by molar-refractivity contribution is -0.138. The Morgan fingerprint density at radius 3 is 2.61 bits per heavy atom. The molecule has 18 heavy (non-hydrogen) atoms. The Hall–Kier alpha value is -1.96. The van der Waals surface area contributed by atoms with Gasteiger partial charge >= 0.3 is 6.18 Å². The number of aromatic nitrogens is 4. The summed E-state index contributed by atoms with van der Waals surface area (Å²) in [5, 5.41) is 10.7. The summed E-state index contributed by atoms with van der Waals surface area (Å²) in [6.07, 6.45) is -3.23. The molecule has 96 valence electrons. The summed E-state index contributed by atoms with van der Waals surface area (Å²) in [6, 6.07) is 4.34. The van der Waals surface area contributed by atoms with Crippen molar-refractivity contribution < 1.29 is 13.2 Å². The van der Waals surface area contributed by atoms with Gasteiger partial charge in [-0.1, -0.05) is 18.2 Å². The Labute approximate surface area is 100 Å². The van der Waals surface area contributed by atoms with Crippen LogP contribution in [0.4, 0.5) is 13.2 Å². The maximum atomic E-state index is 12.8. The Morgan fingerprint density at radius 1 is 1.28 bits per heavy atom. The first-order valence-electron chi connectivity index (χ1n) is 5.11. The van der Waals surface area contributed by atoms with Gasteiger partial charge in [-0.25, -0.2) is 0 Å². The van der Waals surface area contributed by atoms with E-state index in [0.29, 0.717) is 0 Å². The van der Waals surface area contributed by atoms with E-state index in [0.717, 1.165) is 10.9 Å². The van der Waals surface area contributed by atoms with Crippen LogP contribution in [0.25, 0.3) is 0 Å². The van der Waals surface area contributed by atoms with E-state index in [-0.39, 0.29) is 12.1 Å². The van der Waals surface area contributed by atoms with E-state index in [1.807, 2.05) is 0 Å². The summed E-state index contributed by atoms with van der Waals surface area (Å²) < 4.78 is 38.3. The van der Waals surface area contributed by atoms with Crippen molar-refractivity contribution in [3.63, 3.8) is 0 Å². The molecule has 0 aliphatic rings. The lowest BCUT2D eigenvalue weighted by Crippen LogP contribution is -2.23. The summed E-state index contributed by atoms with van der Waals surface area (Å²) >= 11 is 0. The van der Waals surface area contributed by atoms with E-state index >= 15 is 0 Å². The lowest BCUT2D eigenvalue weighted by Gasteiger charge is -2.17. The van der Waals surface area contributed by atoms with Crippen molar-refractivity contribution in [3.05, 3.63) is 41.7 Å². The highest BCUT2D eigenvalue weighted by Crippen LogP contribution is 2.34. The van der Waals surface area contributed by atoms with E-state index in [2.05, 4.69) is 15.4 Å². The zero-order valence-corrected chi connectivity index (χ0v) is 9.17. The lowest BCUT2D eigenvalue weighted by atomic mass is 10.0. The SMILES string of the molecule is N[C@@H](Cn1ncnn1)c1ccccc1C(F)(F)F. The first kappa shape index (κ1) is 12.5.